The van der Waals surface area contributed by atoms with Crippen LogP contribution in [0.1, 0.15) is 13.3 Å². The molecular weight excluding hydrogens is 261 g/mol. The molecule has 2 rings (SSSR count). The van der Waals surface area contributed by atoms with Crippen molar-refractivity contribution < 1.29 is 4.74 Å². The van der Waals surface area contributed by atoms with E-state index in [2.05, 4.69) is 17.2 Å². The van der Waals surface area contributed by atoms with E-state index < -0.39 is 0 Å². The zero-order valence-corrected chi connectivity index (χ0v) is 11.1. The summed E-state index contributed by atoms with van der Waals surface area (Å²) in [6, 6.07) is 1.84. The van der Waals surface area contributed by atoms with E-state index in [1.54, 1.807) is 6.07 Å². The summed E-state index contributed by atoms with van der Waals surface area (Å²) in [5.74, 6) is 1.34. The fourth-order valence-corrected chi connectivity index (χ4v) is 2.28. The van der Waals surface area contributed by atoms with Crippen molar-refractivity contribution in [2.24, 2.45) is 5.92 Å². The molecule has 0 spiro atoms. The third-order valence-corrected chi connectivity index (χ3v) is 3.58. The van der Waals surface area contributed by atoms with Crippen molar-refractivity contribution >= 4 is 34.8 Å². The minimum absolute atomic E-state index is 0.239. The fourth-order valence-electron chi connectivity index (χ4n) is 1.86. The van der Waals surface area contributed by atoms with Crippen LogP contribution in [0.25, 0.3) is 0 Å². The number of nitrogens with one attached hydrogen (secondary N) is 1. The van der Waals surface area contributed by atoms with Crippen molar-refractivity contribution in [3.05, 3.63) is 16.1 Å². The van der Waals surface area contributed by atoms with Crippen LogP contribution in [0.2, 0.25) is 10.0 Å². The second-order valence-corrected chi connectivity index (χ2v) is 5.06. The van der Waals surface area contributed by atoms with Gasteiger partial charge in [-0.25, -0.2) is 4.98 Å². The molecule has 1 aliphatic rings. The van der Waals surface area contributed by atoms with E-state index in [0.717, 1.165) is 19.6 Å². The normalized spacial score (nSPS) is 21.5. The molecule has 0 amide bonds. The summed E-state index contributed by atoms with van der Waals surface area (Å²) in [6.07, 6.45) is 1.05. The zero-order valence-electron chi connectivity index (χ0n) is 9.54. The van der Waals surface area contributed by atoms with E-state index in [1.807, 2.05) is 0 Å². The summed E-state index contributed by atoms with van der Waals surface area (Å²) >= 11 is 11.9. The van der Waals surface area contributed by atoms with E-state index in [9.17, 15) is 0 Å². The van der Waals surface area contributed by atoms with Gasteiger partial charge in [-0.15, -0.1) is 0 Å². The summed E-state index contributed by atoms with van der Waals surface area (Å²) in [5.41, 5.74) is 5.65. The molecule has 0 aliphatic carbocycles. The van der Waals surface area contributed by atoms with Crippen LogP contribution < -0.4 is 11.1 Å². The van der Waals surface area contributed by atoms with Gasteiger partial charge in [0.05, 0.1) is 16.7 Å². The molecule has 0 radical (unpaired) electrons. The van der Waals surface area contributed by atoms with Gasteiger partial charge < -0.3 is 15.8 Å². The summed E-state index contributed by atoms with van der Waals surface area (Å²) in [6.45, 7) is 3.68. The summed E-state index contributed by atoms with van der Waals surface area (Å²) < 4.78 is 5.35. The Balaban J connectivity index is 2.09. The third kappa shape index (κ3) is 2.94. The molecule has 3 N–H and O–H groups in total. The van der Waals surface area contributed by atoms with Crippen molar-refractivity contribution in [2.75, 3.05) is 24.3 Å². The molecule has 94 valence electrons. The Morgan fingerprint density at radius 1 is 1.53 bits per heavy atom. The second-order valence-electron chi connectivity index (χ2n) is 4.24. The van der Waals surface area contributed by atoms with Gasteiger partial charge in [0.2, 0.25) is 0 Å². The molecule has 0 saturated carbocycles. The average Bonchev–Trinajstić information content (AvgIpc) is 2.79. The van der Waals surface area contributed by atoms with Gasteiger partial charge in [-0.1, -0.05) is 23.2 Å². The van der Waals surface area contributed by atoms with Gasteiger partial charge in [-0.05, 0) is 19.4 Å². The van der Waals surface area contributed by atoms with Gasteiger partial charge in [-0.3, -0.25) is 0 Å². The molecule has 2 atom stereocenters. The maximum atomic E-state index is 6.06. The Hall–Kier alpha value is -0.710. The van der Waals surface area contributed by atoms with Crippen LogP contribution in [0.5, 0.6) is 0 Å². The predicted molar refractivity (Wildman–Crippen MR) is 70.7 cm³/mol. The SMILES string of the molecule is CC(Nc1nc(N)c(Cl)cc1Cl)C1CCOC1. The third-order valence-electron chi connectivity index (χ3n) is 2.99. The van der Waals surface area contributed by atoms with Crippen LogP contribution in [0.3, 0.4) is 0 Å². The molecule has 1 aliphatic heterocycles. The molecule has 1 aromatic rings. The van der Waals surface area contributed by atoms with Crippen molar-refractivity contribution in [1.29, 1.82) is 0 Å². The van der Waals surface area contributed by atoms with Crippen LogP contribution in [-0.4, -0.2) is 24.2 Å². The highest BCUT2D eigenvalue weighted by molar-refractivity contribution is 6.37. The number of rotatable bonds is 3. The molecule has 17 heavy (non-hydrogen) atoms. The van der Waals surface area contributed by atoms with Crippen molar-refractivity contribution in [2.45, 2.75) is 19.4 Å². The average molecular weight is 276 g/mol. The van der Waals surface area contributed by atoms with Gasteiger partial charge >= 0.3 is 0 Å². The molecule has 2 heterocycles. The van der Waals surface area contributed by atoms with E-state index in [1.165, 1.54) is 0 Å². The number of anilines is 2. The summed E-state index contributed by atoms with van der Waals surface area (Å²) in [5, 5.41) is 4.11. The smallest absolute Gasteiger partial charge is 0.147 e. The van der Waals surface area contributed by atoms with Gasteiger partial charge in [-0.2, -0.15) is 0 Å². The lowest BCUT2D eigenvalue weighted by Crippen LogP contribution is -2.26. The van der Waals surface area contributed by atoms with E-state index in [-0.39, 0.29) is 11.9 Å². The van der Waals surface area contributed by atoms with E-state index >= 15 is 0 Å². The van der Waals surface area contributed by atoms with E-state index in [0.29, 0.717) is 21.8 Å². The standard InChI is InChI=1S/C11H15Cl2N3O/c1-6(7-2-3-17-5-7)15-11-9(13)4-8(12)10(14)16-11/h4,6-7H,2-3,5H2,1H3,(H3,14,15,16). The predicted octanol–water partition coefficient (Wildman–Crippen LogP) is 2.81. The highest BCUT2D eigenvalue weighted by Gasteiger charge is 2.23. The number of nitrogens with zero attached hydrogens (tertiary/aromatic N) is 1. The lowest BCUT2D eigenvalue weighted by atomic mass is 10.0. The van der Waals surface area contributed by atoms with Crippen LogP contribution in [-0.2, 0) is 4.74 Å². The van der Waals surface area contributed by atoms with Crippen LogP contribution >= 0.6 is 23.2 Å². The van der Waals surface area contributed by atoms with Gasteiger partial charge in [0.25, 0.3) is 0 Å². The minimum atomic E-state index is 0.239. The largest absolute Gasteiger partial charge is 0.382 e. The fraction of sp³-hybridized carbons (Fsp3) is 0.545. The van der Waals surface area contributed by atoms with Crippen LogP contribution in [0.4, 0.5) is 11.6 Å². The first-order valence-corrected chi connectivity index (χ1v) is 6.29. The molecule has 4 nitrogen and oxygen atoms in total. The maximum absolute atomic E-state index is 6.06. The molecular formula is C11H15Cl2N3O. The Morgan fingerprint density at radius 3 is 2.94 bits per heavy atom. The first-order valence-electron chi connectivity index (χ1n) is 5.53. The number of hydrogen-bond acceptors (Lipinski definition) is 4. The van der Waals surface area contributed by atoms with E-state index in [4.69, 9.17) is 33.7 Å². The monoisotopic (exact) mass is 275 g/mol. The lowest BCUT2D eigenvalue weighted by molar-refractivity contribution is 0.183. The van der Waals surface area contributed by atoms with Gasteiger partial charge in [0, 0.05) is 18.6 Å². The molecule has 1 saturated heterocycles. The molecule has 2 unspecified atom stereocenters. The number of nitrogens with two attached hydrogens (primary N) is 1. The number of ether oxygens (including phenoxy) is 1. The Labute approximate surface area is 110 Å². The van der Waals surface area contributed by atoms with Gasteiger partial charge in [0.15, 0.2) is 0 Å². The number of pyridine rings is 1. The van der Waals surface area contributed by atoms with Crippen LogP contribution in [0, 0.1) is 5.92 Å². The number of nitrogen functional groups attached to an aromatic ring is 1. The lowest BCUT2D eigenvalue weighted by Gasteiger charge is -2.20. The highest BCUT2D eigenvalue weighted by atomic mass is 35.5. The Kier molecular flexibility index (Phi) is 3.97. The van der Waals surface area contributed by atoms with Gasteiger partial charge in [0.1, 0.15) is 11.6 Å². The molecule has 0 bridgehead atoms. The molecule has 0 aromatic carbocycles. The van der Waals surface area contributed by atoms with Crippen molar-refractivity contribution in [3.63, 3.8) is 0 Å². The first-order chi connectivity index (χ1) is 8.08. The van der Waals surface area contributed by atoms with Crippen molar-refractivity contribution in [3.8, 4) is 0 Å². The topological polar surface area (TPSA) is 60.2 Å². The zero-order chi connectivity index (χ0) is 12.4. The van der Waals surface area contributed by atoms with Crippen molar-refractivity contribution in [1.82, 2.24) is 4.98 Å². The molecule has 6 heteroatoms. The second kappa shape index (κ2) is 5.29. The highest BCUT2D eigenvalue weighted by Crippen LogP contribution is 2.29. The molecule has 1 aromatic heterocycles. The Bertz CT molecular complexity index is 408. The molecule has 1 fully saturated rings. The quantitative estimate of drug-likeness (QED) is 0.891. The first kappa shape index (κ1) is 12.7. The number of aromatic nitrogens is 1. The Morgan fingerprint density at radius 2 is 2.29 bits per heavy atom. The maximum Gasteiger partial charge on any atom is 0.147 e. The number of halogens is 2. The van der Waals surface area contributed by atoms with Crippen LogP contribution in [0.15, 0.2) is 6.07 Å². The number of hydrogen-bond donors (Lipinski definition) is 2. The summed E-state index contributed by atoms with van der Waals surface area (Å²) in [4.78, 5) is 4.15. The minimum Gasteiger partial charge on any atom is -0.382 e. The summed E-state index contributed by atoms with van der Waals surface area (Å²) in [7, 11) is 0.